The van der Waals surface area contributed by atoms with Crippen LogP contribution in [0.2, 0.25) is 0 Å². The maximum Gasteiger partial charge on any atom is 0.290 e. The summed E-state index contributed by atoms with van der Waals surface area (Å²) >= 11 is 0. The first kappa shape index (κ1) is 20.0. The molecule has 0 bridgehead atoms. The summed E-state index contributed by atoms with van der Waals surface area (Å²) in [7, 11) is 1.88. The van der Waals surface area contributed by atoms with E-state index in [2.05, 4.69) is 10.6 Å². The van der Waals surface area contributed by atoms with Crippen LogP contribution in [0.4, 0.5) is 0 Å². The smallest absolute Gasteiger partial charge is 0.290 e. The number of benzene rings is 1. The van der Waals surface area contributed by atoms with E-state index in [0.717, 1.165) is 24.1 Å². The molecule has 2 aromatic rings. The molecule has 1 aliphatic heterocycles. The molecule has 0 spiro atoms. The fraction of sp³-hybridized carbons (Fsp3) is 0.368. The molecule has 1 aromatic carbocycles. The van der Waals surface area contributed by atoms with Crippen LogP contribution < -0.4 is 10.6 Å². The Hall–Kier alpha value is -2.31. The van der Waals surface area contributed by atoms with Gasteiger partial charge in [-0.05, 0) is 43.3 Å². The van der Waals surface area contributed by atoms with E-state index < -0.39 is 6.04 Å². The van der Waals surface area contributed by atoms with Gasteiger partial charge in [-0.15, -0.1) is 12.4 Å². The maximum absolute atomic E-state index is 12.8. The van der Waals surface area contributed by atoms with Crippen molar-refractivity contribution in [3.63, 3.8) is 0 Å². The standard InChI is InChI=1S/C19H23N3O3.ClH/c1-20-9-5-10-21-18(23)16-12-14-6-2-3-7-15(14)13-22(16)19(24)17-8-4-11-25-17;/h2-4,6-8,11,16,20H,5,9-10,12-13H2,1H3,(H,21,23);1H. The van der Waals surface area contributed by atoms with E-state index >= 15 is 0 Å². The Morgan fingerprint density at radius 1 is 1.15 bits per heavy atom. The van der Waals surface area contributed by atoms with Gasteiger partial charge in [-0.3, -0.25) is 9.59 Å². The highest BCUT2D eigenvalue weighted by atomic mass is 35.5. The molecule has 0 saturated carbocycles. The van der Waals surface area contributed by atoms with Gasteiger partial charge in [0, 0.05) is 19.5 Å². The van der Waals surface area contributed by atoms with E-state index in [9.17, 15) is 9.59 Å². The van der Waals surface area contributed by atoms with Crippen molar-refractivity contribution in [1.29, 1.82) is 0 Å². The van der Waals surface area contributed by atoms with E-state index in [1.807, 2.05) is 31.3 Å². The molecular formula is C19H24ClN3O3. The van der Waals surface area contributed by atoms with Crippen LogP contribution in [0, 0.1) is 0 Å². The summed E-state index contributed by atoms with van der Waals surface area (Å²) in [6.07, 6.45) is 2.83. The number of hydrogen-bond donors (Lipinski definition) is 2. The molecule has 0 fully saturated rings. The van der Waals surface area contributed by atoms with Gasteiger partial charge < -0.3 is 20.0 Å². The summed E-state index contributed by atoms with van der Waals surface area (Å²) in [5.41, 5.74) is 2.18. The summed E-state index contributed by atoms with van der Waals surface area (Å²) in [4.78, 5) is 27.1. The number of carbonyl (C=O) groups excluding carboxylic acids is 2. The zero-order chi connectivity index (χ0) is 17.6. The third kappa shape index (κ3) is 4.45. The predicted molar refractivity (Wildman–Crippen MR) is 101 cm³/mol. The first-order chi connectivity index (χ1) is 12.2. The molecule has 3 rings (SSSR count). The molecule has 2 heterocycles. The molecule has 140 valence electrons. The molecule has 2 amide bonds. The zero-order valence-electron chi connectivity index (χ0n) is 14.7. The van der Waals surface area contributed by atoms with Gasteiger partial charge in [0.2, 0.25) is 5.91 Å². The van der Waals surface area contributed by atoms with Crippen molar-refractivity contribution in [3.05, 3.63) is 59.5 Å². The Labute approximate surface area is 159 Å². The lowest BCUT2D eigenvalue weighted by Gasteiger charge is -2.35. The lowest BCUT2D eigenvalue weighted by Crippen LogP contribution is -2.52. The number of fused-ring (bicyclic) bond motifs is 1. The monoisotopic (exact) mass is 377 g/mol. The fourth-order valence-electron chi connectivity index (χ4n) is 3.11. The number of carbonyl (C=O) groups is 2. The highest BCUT2D eigenvalue weighted by molar-refractivity contribution is 5.96. The third-order valence-corrected chi connectivity index (χ3v) is 4.45. The minimum Gasteiger partial charge on any atom is -0.459 e. The van der Waals surface area contributed by atoms with Crippen LogP contribution >= 0.6 is 12.4 Å². The molecule has 6 nitrogen and oxygen atoms in total. The van der Waals surface area contributed by atoms with Crippen LogP contribution in [-0.4, -0.2) is 42.9 Å². The van der Waals surface area contributed by atoms with Gasteiger partial charge in [-0.25, -0.2) is 0 Å². The Morgan fingerprint density at radius 2 is 1.92 bits per heavy atom. The highest BCUT2D eigenvalue weighted by Crippen LogP contribution is 2.25. The van der Waals surface area contributed by atoms with Crippen LogP contribution in [0.3, 0.4) is 0 Å². The number of amides is 2. The number of nitrogens with one attached hydrogen (secondary N) is 2. The van der Waals surface area contributed by atoms with Crippen LogP contribution in [0.5, 0.6) is 0 Å². The number of halogens is 1. The summed E-state index contributed by atoms with van der Waals surface area (Å²) < 4.78 is 5.25. The van der Waals surface area contributed by atoms with Gasteiger partial charge in [0.15, 0.2) is 5.76 Å². The SMILES string of the molecule is CNCCCNC(=O)C1Cc2ccccc2CN1C(=O)c1ccco1.Cl. The summed E-state index contributed by atoms with van der Waals surface area (Å²) in [6, 6.07) is 10.7. The molecule has 0 radical (unpaired) electrons. The van der Waals surface area contributed by atoms with Crippen LogP contribution in [0.25, 0.3) is 0 Å². The van der Waals surface area contributed by atoms with Crippen molar-refractivity contribution < 1.29 is 14.0 Å². The minimum absolute atomic E-state index is 0. The summed E-state index contributed by atoms with van der Waals surface area (Å²) in [6.45, 7) is 1.83. The third-order valence-electron chi connectivity index (χ3n) is 4.45. The van der Waals surface area contributed by atoms with Gasteiger partial charge >= 0.3 is 0 Å². The molecule has 1 aromatic heterocycles. The quantitative estimate of drug-likeness (QED) is 0.755. The Morgan fingerprint density at radius 3 is 2.62 bits per heavy atom. The largest absolute Gasteiger partial charge is 0.459 e. The average molecular weight is 378 g/mol. The fourth-order valence-corrected chi connectivity index (χ4v) is 3.11. The topological polar surface area (TPSA) is 74.6 Å². The van der Waals surface area contributed by atoms with Crippen molar-refractivity contribution in [2.75, 3.05) is 20.1 Å². The van der Waals surface area contributed by atoms with E-state index in [-0.39, 0.29) is 30.0 Å². The van der Waals surface area contributed by atoms with Crippen molar-refractivity contribution in [1.82, 2.24) is 15.5 Å². The van der Waals surface area contributed by atoms with Crippen LogP contribution in [0.15, 0.2) is 47.1 Å². The van der Waals surface area contributed by atoms with Crippen molar-refractivity contribution in [3.8, 4) is 0 Å². The van der Waals surface area contributed by atoms with Gasteiger partial charge in [0.25, 0.3) is 5.91 Å². The number of nitrogens with zero attached hydrogens (tertiary/aromatic N) is 1. The molecule has 2 N–H and O–H groups in total. The highest BCUT2D eigenvalue weighted by Gasteiger charge is 2.35. The minimum atomic E-state index is -0.526. The first-order valence-corrected chi connectivity index (χ1v) is 8.54. The van der Waals surface area contributed by atoms with Crippen LogP contribution in [-0.2, 0) is 17.8 Å². The first-order valence-electron chi connectivity index (χ1n) is 8.54. The van der Waals surface area contributed by atoms with Gasteiger partial charge in [0.05, 0.1) is 6.26 Å². The second-order valence-corrected chi connectivity index (χ2v) is 6.15. The lowest BCUT2D eigenvalue weighted by molar-refractivity contribution is -0.126. The Balaban J connectivity index is 0.00000243. The summed E-state index contributed by atoms with van der Waals surface area (Å²) in [5.74, 6) is -0.118. The second kappa shape index (κ2) is 9.40. The van der Waals surface area contributed by atoms with Gasteiger partial charge in [-0.1, -0.05) is 24.3 Å². The normalized spacial score (nSPS) is 15.7. The maximum atomic E-state index is 12.8. The lowest BCUT2D eigenvalue weighted by atomic mass is 9.93. The molecule has 0 saturated heterocycles. The Bertz CT molecular complexity index is 733. The average Bonchev–Trinajstić information content (AvgIpc) is 3.18. The van der Waals surface area contributed by atoms with E-state index in [1.165, 1.54) is 6.26 Å². The summed E-state index contributed by atoms with van der Waals surface area (Å²) in [5, 5.41) is 6.00. The molecule has 26 heavy (non-hydrogen) atoms. The molecule has 1 atom stereocenters. The van der Waals surface area contributed by atoms with E-state index in [0.29, 0.717) is 19.5 Å². The molecule has 1 aliphatic rings. The van der Waals surface area contributed by atoms with Gasteiger partial charge in [-0.2, -0.15) is 0 Å². The second-order valence-electron chi connectivity index (χ2n) is 6.15. The molecule has 7 heteroatoms. The number of furan rings is 1. The predicted octanol–water partition coefficient (Wildman–Crippen LogP) is 1.99. The van der Waals surface area contributed by atoms with Crippen molar-refractivity contribution >= 4 is 24.2 Å². The van der Waals surface area contributed by atoms with Crippen LogP contribution in [0.1, 0.15) is 28.1 Å². The molecule has 1 unspecified atom stereocenters. The van der Waals surface area contributed by atoms with E-state index in [1.54, 1.807) is 17.0 Å². The molecule has 0 aliphatic carbocycles. The van der Waals surface area contributed by atoms with E-state index in [4.69, 9.17) is 4.42 Å². The number of rotatable bonds is 6. The Kier molecular flexibility index (Phi) is 7.24. The molecular weight excluding hydrogens is 354 g/mol. The van der Waals surface area contributed by atoms with Gasteiger partial charge in [0.1, 0.15) is 6.04 Å². The van der Waals surface area contributed by atoms with Crippen molar-refractivity contribution in [2.45, 2.75) is 25.4 Å². The zero-order valence-corrected chi connectivity index (χ0v) is 15.6. The number of hydrogen-bond acceptors (Lipinski definition) is 4. The van der Waals surface area contributed by atoms with Crippen molar-refractivity contribution in [2.24, 2.45) is 0 Å².